The average Bonchev–Trinajstić information content (AvgIpc) is 2.34. The van der Waals surface area contributed by atoms with E-state index in [1.807, 2.05) is 27.7 Å². The SMILES string of the molecule is CC(C)(C)C(O)C1(C)CCCO1. The van der Waals surface area contributed by atoms with Crippen LogP contribution in [-0.2, 0) is 4.74 Å². The first-order valence-corrected chi connectivity index (χ1v) is 4.68. The monoisotopic (exact) mass is 172 g/mol. The molecular formula is C10H20O2. The molecule has 2 nitrogen and oxygen atoms in total. The van der Waals surface area contributed by atoms with Gasteiger partial charge in [-0.15, -0.1) is 0 Å². The number of rotatable bonds is 1. The van der Waals surface area contributed by atoms with Gasteiger partial charge in [-0.1, -0.05) is 20.8 Å². The van der Waals surface area contributed by atoms with Crippen molar-refractivity contribution >= 4 is 0 Å². The lowest BCUT2D eigenvalue weighted by Crippen LogP contribution is -2.46. The largest absolute Gasteiger partial charge is 0.390 e. The van der Waals surface area contributed by atoms with Gasteiger partial charge in [0, 0.05) is 6.61 Å². The summed E-state index contributed by atoms with van der Waals surface area (Å²) in [6.45, 7) is 8.94. The maximum Gasteiger partial charge on any atom is 0.0918 e. The van der Waals surface area contributed by atoms with Crippen molar-refractivity contribution in [2.45, 2.75) is 52.2 Å². The Hall–Kier alpha value is -0.0800. The van der Waals surface area contributed by atoms with Crippen LogP contribution in [0, 0.1) is 5.41 Å². The summed E-state index contributed by atoms with van der Waals surface area (Å²) in [7, 11) is 0. The van der Waals surface area contributed by atoms with Crippen LogP contribution in [0.3, 0.4) is 0 Å². The van der Waals surface area contributed by atoms with Crippen molar-refractivity contribution in [3.05, 3.63) is 0 Å². The molecule has 1 aliphatic rings. The number of hydrogen-bond donors (Lipinski definition) is 1. The molecule has 1 saturated heterocycles. The first-order valence-electron chi connectivity index (χ1n) is 4.68. The first-order chi connectivity index (χ1) is 5.36. The summed E-state index contributed by atoms with van der Waals surface area (Å²) in [5.41, 5.74) is -0.392. The van der Waals surface area contributed by atoms with Crippen molar-refractivity contribution in [1.29, 1.82) is 0 Å². The van der Waals surface area contributed by atoms with E-state index in [4.69, 9.17) is 4.74 Å². The Morgan fingerprint density at radius 2 is 2.00 bits per heavy atom. The average molecular weight is 172 g/mol. The van der Waals surface area contributed by atoms with E-state index in [-0.39, 0.29) is 17.1 Å². The van der Waals surface area contributed by atoms with Crippen LogP contribution in [0.15, 0.2) is 0 Å². The van der Waals surface area contributed by atoms with E-state index in [2.05, 4.69) is 0 Å². The van der Waals surface area contributed by atoms with Gasteiger partial charge in [0.25, 0.3) is 0 Å². The normalized spacial score (nSPS) is 33.8. The van der Waals surface area contributed by atoms with Gasteiger partial charge in [0.2, 0.25) is 0 Å². The molecule has 72 valence electrons. The number of ether oxygens (including phenoxy) is 1. The van der Waals surface area contributed by atoms with Crippen LogP contribution < -0.4 is 0 Å². The second-order valence-electron chi connectivity index (χ2n) is 5.03. The summed E-state index contributed by atoms with van der Waals surface area (Å²) in [4.78, 5) is 0. The summed E-state index contributed by atoms with van der Waals surface area (Å²) in [6.07, 6.45) is 1.68. The predicted octanol–water partition coefficient (Wildman–Crippen LogP) is 1.96. The van der Waals surface area contributed by atoms with Crippen LogP contribution in [0.1, 0.15) is 40.5 Å². The van der Waals surface area contributed by atoms with Crippen molar-refractivity contribution < 1.29 is 9.84 Å². The molecule has 0 aromatic carbocycles. The summed E-state index contributed by atoms with van der Waals surface area (Å²) in [6, 6.07) is 0. The van der Waals surface area contributed by atoms with Gasteiger partial charge in [0.15, 0.2) is 0 Å². The molecule has 2 unspecified atom stereocenters. The zero-order valence-corrected chi connectivity index (χ0v) is 8.55. The maximum absolute atomic E-state index is 10.0. The molecule has 0 aliphatic carbocycles. The van der Waals surface area contributed by atoms with E-state index in [9.17, 15) is 5.11 Å². The quantitative estimate of drug-likeness (QED) is 0.655. The zero-order valence-electron chi connectivity index (χ0n) is 8.55. The third-order valence-electron chi connectivity index (χ3n) is 2.65. The molecule has 1 N–H and O–H groups in total. The lowest BCUT2D eigenvalue weighted by molar-refractivity contribution is -0.120. The molecule has 2 atom stereocenters. The van der Waals surface area contributed by atoms with E-state index in [0.29, 0.717) is 0 Å². The third-order valence-corrected chi connectivity index (χ3v) is 2.65. The smallest absolute Gasteiger partial charge is 0.0918 e. The fourth-order valence-electron chi connectivity index (χ4n) is 1.93. The minimum atomic E-state index is -0.368. The molecule has 0 spiro atoms. The number of aliphatic hydroxyl groups excluding tert-OH is 1. The van der Waals surface area contributed by atoms with Gasteiger partial charge < -0.3 is 9.84 Å². The van der Waals surface area contributed by atoms with Crippen LogP contribution in [0.25, 0.3) is 0 Å². The Bertz CT molecular complexity index is 152. The van der Waals surface area contributed by atoms with E-state index in [1.54, 1.807) is 0 Å². The standard InChI is InChI=1S/C10H20O2/c1-9(2,3)8(11)10(4)6-5-7-12-10/h8,11H,5-7H2,1-4H3. The highest BCUT2D eigenvalue weighted by Crippen LogP contribution is 2.36. The van der Waals surface area contributed by atoms with Crippen molar-refractivity contribution in [3.63, 3.8) is 0 Å². The Kier molecular flexibility index (Phi) is 2.50. The van der Waals surface area contributed by atoms with Gasteiger partial charge in [0.1, 0.15) is 0 Å². The Labute approximate surface area is 74.9 Å². The van der Waals surface area contributed by atoms with E-state index in [1.165, 1.54) is 0 Å². The molecule has 2 heteroatoms. The highest BCUT2D eigenvalue weighted by atomic mass is 16.5. The zero-order chi connectivity index (χ0) is 9.41. The van der Waals surface area contributed by atoms with Gasteiger partial charge >= 0.3 is 0 Å². The van der Waals surface area contributed by atoms with Gasteiger partial charge in [-0.25, -0.2) is 0 Å². The fourth-order valence-corrected chi connectivity index (χ4v) is 1.93. The molecule has 12 heavy (non-hydrogen) atoms. The molecule has 0 saturated carbocycles. The Morgan fingerprint density at radius 1 is 1.42 bits per heavy atom. The Morgan fingerprint density at radius 3 is 2.33 bits per heavy atom. The van der Waals surface area contributed by atoms with Gasteiger partial charge in [-0.05, 0) is 25.2 Å². The molecule has 1 rings (SSSR count). The number of hydrogen-bond acceptors (Lipinski definition) is 2. The molecule has 0 bridgehead atoms. The van der Waals surface area contributed by atoms with Crippen molar-refractivity contribution in [1.82, 2.24) is 0 Å². The summed E-state index contributed by atoms with van der Waals surface area (Å²) < 4.78 is 5.58. The molecule has 1 fully saturated rings. The van der Waals surface area contributed by atoms with Crippen molar-refractivity contribution in [2.24, 2.45) is 5.41 Å². The van der Waals surface area contributed by atoms with Crippen molar-refractivity contribution in [2.75, 3.05) is 6.61 Å². The number of aliphatic hydroxyl groups is 1. The van der Waals surface area contributed by atoms with E-state index >= 15 is 0 Å². The van der Waals surface area contributed by atoms with Crippen LogP contribution in [0.4, 0.5) is 0 Å². The first kappa shape index (κ1) is 10.0. The van der Waals surface area contributed by atoms with E-state index < -0.39 is 0 Å². The molecule has 0 aromatic rings. The fraction of sp³-hybridized carbons (Fsp3) is 1.00. The lowest BCUT2D eigenvalue weighted by Gasteiger charge is -2.38. The molecular weight excluding hydrogens is 152 g/mol. The molecule has 0 amide bonds. The highest BCUT2D eigenvalue weighted by molar-refractivity contribution is 4.93. The topological polar surface area (TPSA) is 29.5 Å². The summed E-state index contributed by atoms with van der Waals surface area (Å²) in [5.74, 6) is 0. The van der Waals surface area contributed by atoms with Gasteiger partial charge in [-0.3, -0.25) is 0 Å². The van der Waals surface area contributed by atoms with Crippen LogP contribution in [0.2, 0.25) is 0 Å². The van der Waals surface area contributed by atoms with Crippen LogP contribution >= 0.6 is 0 Å². The minimum Gasteiger partial charge on any atom is -0.390 e. The highest BCUT2D eigenvalue weighted by Gasteiger charge is 2.43. The third kappa shape index (κ3) is 1.80. The van der Waals surface area contributed by atoms with Crippen LogP contribution in [-0.4, -0.2) is 23.4 Å². The summed E-state index contributed by atoms with van der Waals surface area (Å²) >= 11 is 0. The molecule has 0 aromatic heterocycles. The molecule has 1 heterocycles. The second-order valence-corrected chi connectivity index (χ2v) is 5.03. The maximum atomic E-state index is 10.0. The second kappa shape index (κ2) is 3.00. The minimum absolute atomic E-state index is 0.0842. The predicted molar refractivity (Wildman–Crippen MR) is 49.1 cm³/mol. The lowest BCUT2D eigenvalue weighted by atomic mass is 9.78. The molecule has 1 aliphatic heterocycles. The summed E-state index contributed by atoms with van der Waals surface area (Å²) in [5, 5.41) is 10.0. The van der Waals surface area contributed by atoms with E-state index in [0.717, 1.165) is 19.4 Å². The molecule has 0 radical (unpaired) electrons. The van der Waals surface area contributed by atoms with Gasteiger partial charge in [0.05, 0.1) is 11.7 Å². The van der Waals surface area contributed by atoms with Crippen LogP contribution in [0.5, 0.6) is 0 Å². The van der Waals surface area contributed by atoms with Gasteiger partial charge in [-0.2, -0.15) is 0 Å². The Balaban J connectivity index is 2.68. The van der Waals surface area contributed by atoms with Crippen molar-refractivity contribution in [3.8, 4) is 0 Å².